The van der Waals surface area contributed by atoms with E-state index in [1.165, 1.54) is 25.7 Å². The smallest absolute Gasteiger partial charge is 0.101 e. The van der Waals surface area contributed by atoms with Gasteiger partial charge in [0.1, 0.15) is 12.1 Å². The van der Waals surface area contributed by atoms with Gasteiger partial charge in [0.2, 0.25) is 0 Å². The number of benzene rings is 1. The largest absolute Gasteiger partial charge is 0.192 e. The second kappa shape index (κ2) is 9.75. The van der Waals surface area contributed by atoms with Gasteiger partial charge in [0.05, 0.1) is 11.1 Å². The molecule has 1 aromatic carbocycles. The minimum Gasteiger partial charge on any atom is -0.192 e. The maximum Gasteiger partial charge on any atom is 0.101 e. The zero-order valence-electron chi connectivity index (χ0n) is 12.1. The average molecular weight is 304 g/mol. The van der Waals surface area contributed by atoms with Crippen molar-refractivity contribution in [2.24, 2.45) is 0 Å². The molecule has 0 spiro atoms. The first-order chi connectivity index (χ1) is 9.76. The Hall–Kier alpha value is -1.10. The minimum absolute atomic E-state index is 0.492. The summed E-state index contributed by atoms with van der Waals surface area (Å²) in [7, 11) is 0. The van der Waals surface area contributed by atoms with Crippen molar-refractivity contribution in [1.82, 2.24) is 0 Å². The van der Waals surface area contributed by atoms with Gasteiger partial charge in [-0.05, 0) is 36.5 Å². The number of hydrogen-bond acceptors (Lipinski definition) is 4. The molecule has 0 radical (unpaired) electrons. The molecule has 0 N–H and O–H groups in total. The number of thioether (sulfide) groups is 2. The van der Waals surface area contributed by atoms with Gasteiger partial charge in [-0.3, -0.25) is 0 Å². The molecule has 0 amide bonds. The van der Waals surface area contributed by atoms with E-state index in [1.807, 2.05) is 12.1 Å². The number of hydrogen-bond donors (Lipinski definition) is 0. The molecule has 4 heteroatoms. The van der Waals surface area contributed by atoms with E-state index in [-0.39, 0.29) is 0 Å². The molecule has 0 fully saturated rings. The van der Waals surface area contributed by atoms with Gasteiger partial charge >= 0.3 is 0 Å². The van der Waals surface area contributed by atoms with Gasteiger partial charge < -0.3 is 0 Å². The second-order valence-electron chi connectivity index (χ2n) is 4.47. The van der Waals surface area contributed by atoms with Crippen LogP contribution in [-0.2, 0) is 0 Å². The van der Waals surface area contributed by atoms with Crippen LogP contribution in [0.2, 0.25) is 0 Å². The molecule has 2 nitrogen and oxygen atoms in total. The van der Waals surface area contributed by atoms with Crippen molar-refractivity contribution in [3.63, 3.8) is 0 Å². The van der Waals surface area contributed by atoms with E-state index in [0.29, 0.717) is 11.1 Å². The number of nitrogens with zero attached hydrogens (tertiary/aromatic N) is 2. The molecule has 0 aromatic heterocycles. The quantitative estimate of drug-likeness (QED) is 0.488. The lowest BCUT2D eigenvalue weighted by Crippen LogP contribution is -1.91. The van der Waals surface area contributed by atoms with E-state index in [0.717, 1.165) is 21.3 Å². The van der Waals surface area contributed by atoms with E-state index in [2.05, 4.69) is 26.0 Å². The molecule has 1 rings (SSSR count). The summed E-state index contributed by atoms with van der Waals surface area (Å²) in [6.07, 6.45) is 4.69. The molecule has 0 heterocycles. The van der Waals surface area contributed by atoms with Crippen molar-refractivity contribution in [2.75, 3.05) is 11.5 Å². The summed E-state index contributed by atoms with van der Waals surface area (Å²) in [5.41, 5.74) is 0.984. The molecule has 0 bridgehead atoms. The molecule has 106 valence electrons. The fraction of sp³-hybridized carbons (Fsp3) is 0.500. The van der Waals surface area contributed by atoms with E-state index < -0.39 is 0 Å². The van der Waals surface area contributed by atoms with Crippen LogP contribution in [-0.4, -0.2) is 11.5 Å². The Morgan fingerprint density at radius 1 is 0.850 bits per heavy atom. The van der Waals surface area contributed by atoms with Crippen LogP contribution in [0.3, 0.4) is 0 Å². The number of unbranched alkanes of at least 4 members (excludes halogenated alkanes) is 2. The molecule has 0 unspecified atom stereocenters. The normalized spacial score (nSPS) is 10.0. The zero-order valence-corrected chi connectivity index (χ0v) is 13.7. The van der Waals surface area contributed by atoms with Gasteiger partial charge in [-0.2, -0.15) is 10.5 Å². The van der Waals surface area contributed by atoms with Crippen LogP contribution in [0.1, 0.15) is 50.7 Å². The third kappa shape index (κ3) is 5.12. The fourth-order valence-corrected chi connectivity index (χ4v) is 4.09. The lowest BCUT2D eigenvalue weighted by molar-refractivity contribution is 0.893. The molecule has 0 aliphatic carbocycles. The topological polar surface area (TPSA) is 47.6 Å². The van der Waals surface area contributed by atoms with Gasteiger partial charge in [0.25, 0.3) is 0 Å². The van der Waals surface area contributed by atoms with Crippen molar-refractivity contribution in [2.45, 2.75) is 49.3 Å². The minimum atomic E-state index is 0.492. The molecule has 0 aliphatic rings. The average Bonchev–Trinajstić information content (AvgIpc) is 2.48. The van der Waals surface area contributed by atoms with Gasteiger partial charge in [-0.1, -0.05) is 26.7 Å². The van der Waals surface area contributed by atoms with Crippen molar-refractivity contribution < 1.29 is 0 Å². The third-order valence-corrected chi connectivity index (χ3v) is 5.25. The summed E-state index contributed by atoms with van der Waals surface area (Å²) in [4.78, 5) is 2.30. The Morgan fingerprint density at radius 2 is 1.25 bits per heavy atom. The molecular formula is C16H20N2S2. The monoisotopic (exact) mass is 304 g/mol. The Morgan fingerprint density at radius 3 is 1.55 bits per heavy atom. The molecule has 0 atom stereocenters. The Kier molecular flexibility index (Phi) is 8.26. The summed E-state index contributed by atoms with van der Waals surface area (Å²) in [6, 6.07) is 8.02. The number of rotatable bonds is 8. The highest BCUT2D eigenvalue weighted by atomic mass is 32.2. The molecule has 20 heavy (non-hydrogen) atoms. The van der Waals surface area contributed by atoms with Crippen LogP contribution in [0.25, 0.3) is 0 Å². The molecule has 0 saturated heterocycles. The fourth-order valence-electron chi connectivity index (χ4n) is 1.62. The van der Waals surface area contributed by atoms with Crippen molar-refractivity contribution in [1.29, 1.82) is 10.5 Å². The highest BCUT2D eigenvalue weighted by molar-refractivity contribution is 8.02. The first kappa shape index (κ1) is 17.0. The van der Waals surface area contributed by atoms with E-state index in [1.54, 1.807) is 23.5 Å². The highest BCUT2D eigenvalue weighted by Gasteiger charge is 2.10. The van der Waals surface area contributed by atoms with Crippen molar-refractivity contribution in [3.05, 3.63) is 23.3 Å². The molecular weight excluding hydrogens is 284 g/mol. The lowest BCUT2D eigenvalue weighted by Gasteiger charge is -2.10. The molecule has 1 aromatic rings. The van der Waals surface area contributed by atoms with Crippen LogP contribution in [0, 0.1) is 22.7 Å². The Balaban J connectivity index is 2.97. The third-order valence-electron chi connectivity index (χ3n) is 2.84. The summed E-state index contributed by atoms with van der Waals surface area (Å²) >= 11 is 3.59. The SMILES string of the molecule is CCCCSc1cc(C#N)c(C#N)cc1SCCCC. The summed E-state index contributed by atoms with van der Waals surface area (Å²) in [5, 5.41) is 18.3. The van der Waals surface area contributed by atoms with E-state index in [9.17, 15) is 0 Å². The highest BCUT2D eigenvalue weighted by Crippen LogP contribution is 2.34. The summed E-state index contributed by atoms with van der Waals surface area (Å²) < 4.78 is 0. The lowest BCUT2D eigenvalue weighted by atomic mass is 10.1. The predicted octanol–water partition coefficient (Wildman–Crippen LogP) is 5.21. The van der Waals surface area contributed by atoms with Crippen LogP contribution < -0.4 is 0 Å². The molecule has 0 saturated carbocycles. The standard InChI is InChI=1S/C16H20N2S2/c1-3-5-7-19-15-9-13(11-17)14(12-18)10-16(15)20-8-6-4-2/h9-10H,3-8H2,1-2H3. The van der Waals surface area contributed by atoms with Crippen LogP contribution in [0.15, 0.2) is 21.9 Å². The van der Waals surface area contributed by atoms with E-state index in [4.69, 9.17) is 10.5 Å². The van der Waals surface area contributed by atoms with E-state index >= 15 is 0 Å². The zero-order chi connectivity index (χ0) is 14.8. The van der Waals surface area contributed by atoms with Crippen molar-refractivity contribution >= 4 is 23.5 Å². The maximum absolute atomic E-state index is 9.13. The predicted molar refractivity (Wildman–Crippen MR) is 87.1 cm³/mol. The van der Waals surface area contributed by atoms with Crippen LogP contribution >= 0.6 is 23.5 Å². The summed E-state index contributed by atoms with van der Waals surface area (Å²) in [5.74, 6) is 2.13. The first-order valence-electron chi connectivity index (χ1n) is 7.00. The maximum atomic E-state index is 9.13. The van der Waals surface area contributed by atoms with Gasteiger partial charge in [0, 0.05) is 9.79 Å². The van der Waals surface area contributed by atoms with Crippen LogP contribution in [0.5, 0.6) is 0 Å². The Bertz CT molecular complexity index is 465. The van der Waals surface area contributed by atoms with Gasteiger partial charge in [-0.25, -0.2) is 0 Å². The van der Waals surface area contributed by atoms with Crippen LogP contribution in [0.4, 0.5) is 0 Å². The van der Waals surface area contributed by atoms with Gasteiger partial charge in [-0.15, -0.1) is 23.5 Å². The summed E-state index contributed by atoms with van der Waals surface area (Å²) in [6.45, 7) is 4.36. The molecule has 0 aliphatic heterocycles. The Labute approximate surface area is 130 Å². The first-order valence-corrected chi connectivity index (χ1v) is 8.97. The second-order valence-corrected chi connectivity index (χ2v) is 6.75. The van der Waals surface area contributed by atoms with Crippen molar-refractivity contribution in [3.8, 4) is 12.1 Å². The number of nitriles is 2. The van der Waals surface area contributed by atoms with Gasteiger partial charge in [0.15, 0.2) is 0 Å².